The Hall–Kier alpha value is -8.72. The second-order valence-corrected chi connectivity index (χ2v) is 16.9. The predicted octanol–water partition coefficient (Wildman–Crippen LogP) is 17.7. The Kier molecular flexibility index (Phi) is 9.89. The maximum Gasteiger partial charge on any atom is 0.0547 e. The molecule has 2 nitrogen and oxygen atoms in total. The zero-order valence-corrected chi connectivity index (χ0v) is 36.3. The largest absolute Gasteiger partial charge is 0.310 e. The lowest BCUT2D eigenvalue weighted by molar-refractivity contribution is 1.18. The SMILES string of the molecule is c1ccc(-c2ccccc2N(c2ccc(-c3ccc(-c4cccc5ccccc45)cc3)cc2)c2cccc(-c3cccc(-c4cccc5c4c4ccccc4n5-c4ccccc4)c3)c2)cc1. The summed E-state index contributed by atoms with van der Waals surface area (Å²) in [7, 11) is 0. The molecule has 12 aromatic rings. The first-order valence-corrected chi connectivity index (χ1v) is 22.7. The summed E-state index contributed by atoms with van der Waals surface area (Å²) in [4.78, 5) is 2.41. The molecule has 0 bridgehead atoms. The van der Waals surface area contributed by atoms with E-state index >= 15 is 0 Å². The third-order valence-corrected chi connectivity index (χ3v) is 13.0. The molecule has 12 rings (SSSR count). The Morgan fingerprint density at radius 2 is 0.788 bits per heavy atom. The Labute approximate surface area is 385 Å². The van der Waals surface area contributed by atoms with E-state index in [9.17, 15) is 0 Å². The summed E-state index contributed by atoms with van der Waals surface area (Å²) in [5.41, 5.74) is 18.7. The second kappa shape index (κ2) is 16.8. The summed E-state index contributed by atoms with van der Waals surface area (Å²) in [6.07, 6.45) is 0. The Bertz CT molecular complexity index is 3670. The number of hydrogen-bond donors (Lipinski definition) is 0. The van der Waals surface area contributed by atoms with Gasteiger partial charge in [-0.3, -0.25) is 0 Å². The number of benzene rings is 11. The topological polar surface area (TPSA) is 8.17 Å². The third kappa shape index (κ3) is 7.02. The highest BCUT2D eigenvalue weighted by atomic mass is 15.1. The molecule has 0 spiro atoms. The first-order valence-electron chi connectivity index (χ1n) is 22.7. The minimum Gasteiger partial charge on any atom is -0.310 e. The van der Waals surface area contributed by atoms with Crippen LogP contribution in [-0.4, -0.2) is 4.57 Å². The third-order valence-electron chi connectivity index (χ3n) is 13.0. The Morgan fingerprint density at radius 3 is 1.61 bits per heavy atom. The number of anilines is 3. The van der Waals surface area contributed by atoms with E-state index in [2.05, 4.69) is 276 Å². The number of aromatic nitrogens is 1. The van der Waals surface area contributed by atoms with E-state index in [1.54, 1.807) is 0 Å². The monoisotopic (exact) mass is 840 g/mol. The maximum atomic E-state index is 2.41. The van der Waals surface area contributed by atoms with Gasteiger partial charge in [-0.15, -0.1) is 0 Å². The van der Waals surface area contributed by atoms with Gasteiger partial charge in [0.1, 0.15) is 0 Å². The average Bonchev–Trinajstić information content (AvgIpc) is 3.74. The molecule has 0 unspecified atom stereocenters. The highest BCUT2D eigenvalue weighted by molar-refractivity contribution is 6.16. The van der Waals surface area contributed by atoms with Crippen LogP contribution in [0.25, 0.3) is 93.9 Å². The van der Waals surface area contributed by atoms with Crippen molar-refractivity contribution < 1.29 is 0 Å². The van der Waals surface area contributed by atoms with E-state index in [1.165, 1.54) is 77.1 Å². The summed E-state index contributed by atoms with van der Waals surface area (Å²) in [6, 6.07) is 96.8. The molecule has 0 N–H and O–H groups in total. The molecule has 0 aliphatic heterocycles. The number of nitrogens with zero attached hydrogens (tertiary/aromatic N) is 2. The van der Waals surface area contributed by atoms with E-state index in [1.807, 2.05) is 0 Å². The fourth-order valence-electron chi connectivity index (χ4n) is 9.89. The second-order valence-electron chi connectivity index (χ2n) is 16.9. The van der Waals surface area contributed by atoms with Gasteiger partial charge < -0.3 is 9.47 Å². The highest BCUT2D eigenvalue weighted by Gasteiger charge is 2.20. The number of fused-ring (bicyclic) bond motifs is 4. The molecule has 0 aliphatic carbocycles. The van der Waals surface area contributed by atoms with Crippen LogP contribution < -0.4 is 4.90 Å². The lowest BCUT2D eigenvalue weighted by atomic mass is 9.95. The van der Waals surface area contributed by atoms with Gasteiger partial charge in [0.2, 0.25) is 0 Å². The van der Waals surface area contributed by atoms with Gasteiger partial charge in [-0.25, -0.2) is 0 Å². The maximum absolute atomic E-state index is 2.41. The van der Waals surface area contributed by atoms with E-state index in [-0.39, 0.29) is 0 Å². The molecule has 1 aromatic heterocycles. The lowest BCUT2D eigenvalue weighted by Gasteiger charge is -2.28. The first-order chi connectivity index (χ1) is 32.7. The van der Waals surface area contributed by atoms with Crippen LogP contribution in [0.15, 0.2) is 267 Å². The Morgan fingerprint density at radius 1 is 0.273 bits per heavy atom. The lowest BCUT2D eigenvalue weighted by Crippen LogP contribution is -2.11. The van der Waals surface area contributed by atoms with Gasteiger partial charge in [-0.1, -0.05) is 206 Å². The van der Waals surface area contributed by atoms with Crippen LogP contribution in [0.4, 0.5) is 17.1 Å². The number of rotatable bonds is 9. The zero-order chi connectivity index (χ0) is 43.8. The highest BCUT2D eigenvalue weighted by Crippen LogP contribution is 2.44. The average molecular weight is 841 g/mol. The van der Waals surface area contributed by atoms with Gasteiger partial charge in [0, 0.05) is 33.4 Å². The van der Waals surface area contributed by atoms with Gasteiger partial charge in [0.15, 0.2) is 0 Å². The summed E-state index contributed by atoms with van der Waals surface area (Å²) < 4.78 is 2.39. The molecule has 0 saturated heterocycles. The molecule has 2 heteroatoms. The van der Waals surface area contributed by atoms with Crippen LogP contribution in [0, 0.1) is 0 Å². The quantitative estimate of drug-likeness (QED) is 0.141. The molecular weight excluding hydrogens is 797 g/mol. The fourth-order valence-corrected chi connectivity index (χ4v) is 9.89. The number of hydrogen-bond acceptors (Lipinski definition) is 1. The van der Waals surface area contributed by atoms with Gasteiger partial charge in [0.25, 0.3) is 0 Å². The minimum atomic E-state index is 1.08. The number of para-hydroxylation sites is 3. The van der Waals surface area contributed by atoms with Crippen LogP contribution in [0.1, 0.15) is 0 Å². The van der Waals surface area contributed by atoms with E-state index < -0.39 is 0 Å². The molecule has 11 aromatic carbocycles. The van der Waals surface area contributed by atoms with E-state index in [0.717, 1.165) is 33.9 Å². The van der Waals surface area contributed by atoms with Gasteiger partial charge in [-0.05, 0) is 122 Å². The summed E-state index contributed by atoms with van der Waals surface area (Å²) in [5.74, 6) is 0. The molecular formula is C64H44N2. The van der Waals surface area contributed by atoms with E-state index in [0.29, 0.717) is 0 Å². The molecule has 0 fully saturated rings. The predicted molar refractivity (Wildman–Crippen MR) is 280 cm³/mol. The van der Waals surface area contributed by atoms with Crippen LogP contribution in [0.2, 0.25) is 0 Å². The standard InChI is InChI=1S/C64H44N2/c1-3-17-48(18-4-1)58-28-9-11-32-61(58)65(54-41-39-46(40-42-54)45-35-37-49(38-36-45)57-30-15-20-47-19-7-8-27-56(47)57)55-26-14-22-51(44-55)50-21-13-23-52(43-50)59-31-16-34-63-64(59)60-29-10-12-33-62(60)66(63)53-24-5-2-6-25-53/h1-44H. The van der Waals surface area contributed by atoms with Crippen molar-refractivity contribution in [3.05, 3.63) is 267 Å². The molecule has 310 valence electrons. The van der Waals surface area contributed by atoms with Crippen LogP contribution in [0.3, 0.4) is 0 Å². The molecule has 0 radical (unpaired) electrons. The normalized spacial score (nSPS) is 11.3. The van der Waals surface area contributed by atoms with Crippen LogP contribution in [0.5, 0.6) is 0 Å². The smallest absolute Gasteiger partial charge is 0.0547 e. The molecule has 66 heavy (non-hydrogen) atoms. The van der Waals surface area contributed by atoms with Crippen molar-refractivity contribution in [1.29, 1.82) is 0 Å². The van der Waals surface area contributed by atoms with Crippen molar-refractivity contribution in [3.63, 3.8) is 0 Å². The van der Waals surface area contributed by atoms with Crippen molar-refractivity contribution in [1.82, 2.24) is 4.57 Å². The molecule has 0 atom stereocenters. The van der Waals surface area contributed by atoms with Crippen molar-refractivity contribution in [2.45, 2.75) is 0 Å². The summed E-state index contributed by atoms with van der Waals surface area (Å²) in [6.45, 7) is 0. The Balaban J connectivity index is 0.937. The van der Waals surface area contributed by atoms with Crippen molar-refractivity contribution >= 4 is 49.6 Å². The van der Waals surface area contributed by atoms with E-state index in [4.69, 9.17) is 0 Å². The van der Waals surface area contributed by atoms with Gasteiger partial charge in [-0.2, -0.15) is 0 Å². The van der Waals surface area contributed by atoms with Crippen molar-refractivity contribution in [3.8, 4) is 61.3 Å². The molecule has 0 saturated carbocycles. The minimum absolute atomic E-state index is 1.08. The van der Waals surface area contributed by atoms with Gasteiger partial charge >= 0.3 is 0 Å². The van der Waals surface area contributed by atoms with Crippen molar-refractivity contribution in [2.24, 2.45) is 0 Å². The molecule has 1 heterocycles. The molecule has 0 amide bonds. The van der Waals surface area contributed by atoms with Gasteiger partial charge in [0.05, 0.1) is 16.7 Å². The summed E-state index contributed by atoms with van der Waals surface area (Å²) in [5, 5.41) is 5.03. The summed E-state index contributed by atoms with van der Waals surface area (Å²) >= 11 is 0. The zero-order valence-electron chi connectivity index (χ0n) is 36.3. The van der Waals surface area contributed by atoms with Crippen molar-refractivity contribution in [2.75, 3.05) is 4.90 Å². The van der Waals surface area contributed by atoms with Crippen LogP contribution >= 0.6 is 0 Å². The van der Waals surface area contributed by atoms with Crippen LogP contribution in [-0.2, 0) is 0 Å². The first kappa shape index (κ1) is 38.9. The fraction of sp³-hybridized carbons (Fsp3) is 0. The molecule has 0 aliphatic rings.